The first-order valence-electron chi connectivity index (χ1n) is 8.57. The summed E-state index contributed by atoms with van der Waals surface area (Å²) in [6.07, 6.45) is 4.51. The number of nitrogens with zero attached hydrogens (tertiary/aromatic N) is 1. The van der Waals surface area contributed by atoms with Gasteiger partial charge in [-0.25, -0.2) is 9.78 Å². The molecule has 6 nitrogen and oxygen atoms in total. The van der Waals surface area contributed by atoms with Gasteiger partial charge in [0.1, 0.15) is 0 Å². The Morgan fingerprint density at radius 1 is 1.27 bits per heavy atom. The highest BCUT2D eigenvalue weighted by molar-refractivity contribution is 7.13. The minimum Gasteiger partial charge on any atom is -0.335 e. The van der Waals surface area contributed by atoms with Gasteiger partial charge in [-0.3, -0.25) is 10.1 Å². The molecule has 3 amide bonds. The zero-order chi connectivity index (χ0) is 18.5. The number of thiazole rings is 1. The summed E-state index contributed by atoms with van der Waals surface area (Å²) >= 11 is 7.27. The van der Waals surface area contributed by atoms with Crippen molar-refractivity contribution in [3.8, 4) is 0 Å². The van der Waals surface area contributed by atoms with Gasteiger partial charge >= 0.3 is 6.03 Å². The van der Waals surface area contributed by atoms with E-state index in [0.29, 0.717) is 21.5 Å². The Morgan fingerprint density at radius 2 is 2.04 bits per heavy atom. The summed E-state index contributed by atoms with van der Waals surface area (Å²) in [5.74, 6) is -0.178. The van der Waals surface area contributed by atoms with Crippen LogP contribution in [0.25, 0.3) is 0 Å². The number of carbonyl (C=O) groups excluding carboxylic acids is 2. The Morgan fingerprint density at radius 3 is 2.81 bits per heavy atom. The van der Waals surface area contributed by atoms with Gasteiger partial charge in [0.25, 0.3) is 0 Å². The lowest BCUT2D eigenvalue weighted by molar-refractivity contribution is -0.115. The molecule has 0 aliphatic heterocycles. The minimum absolute atomic E-state index is 0.133. The molecule has 1 aliphatic carbocycles. The van der Waals surface area contributed by atoms with Crippen molar-refractivity contribution < 1.29 is 9.59 Å². The van der Waals surface area contributed by atoms with Crippen molar-refractivity contribution in [2.45, 2.75) is 45.1 Å². The number of rotatable bonds is 5. The Hall–Kier alpha value is -2.12. The summed E-state index contributed by atoms with van der Waals surface area (Å²) in [6, 6.07) is 5.36. The van der Waals surface area contributed by atoms with E-state index in [4.69, 9.17) is 11.6 Å². The highest BCUT2D eigenvalue weighted by Gasteiger charge is 2.18. The fourth-order valence-electron chi connectivity index (χ4n) is 2.92. The molecule has 1 fully saturated rings. The highest BCUT2D eigenvalue weighted by Crippen LogP contribution is 2.21. The average molecular weight is 393 g/mol. The van der Waals surface area contributed by atoms with Crippen LogP contribution in [0.15, 0.2) is 23.6 Å². The van der Waals surface area contributed by atoms with Crippen molar-refractivity contribution in [3.63, 3.8) is 0 Å². The number of carbonyl (C=O) groups is 2. The highest BCUT2D eigenvalue weighted by atomic mass is 35.5. The summed E-state index contributed by atoms with van der Waals surface area (Å²) < 4.78 is 0. The molecule has 0 spiro atoms. The van der Waals surface area contributed by atoms with Gasteiger partial charge in [0.15, 0.2) is 5.13 Å². The van der Waals surface area contributed by atoms with Gasteiger partial charge in [0.05, 0.1) is 12.1 Å². The molecule has 0 radical (unpaired) electrons. The average Bonchev–Trinajstić information content (AvgIpc) is 3.23. The second-order valence-corrected chi connectivity index (χ2v) is 7.70. The Kier molecular flexibility index (Phi) is 6.11. The van der Waals surface area contributed by atoms with E-state index in [0.717, 1.165) is 31.2 Å². The number of hydrogen-bond acceptors (Lipinski definition) is 4. The summed E-state index contributed by atoms with van der Waals surface area (Å²) in [4.78, 5) is 28.5. The number of nitrogens with one attached hydrogen (secondary N) is 3. The maximum atomic E-state index is 12.2. The molecule has 0 saturated heterocycles. The Bertz CT molecular complexity index is 802. The maximum Gasteiger partial charge on any atom is 0.321 e. The zero-order valence-corrected chi connectivity index (χ0v) is 16.0. The van der Waals surface area contributed by atoms with E-state index in [1.165, 1.54) is 11.3 Å². The van der Waals surface area contributed by atoms with Crippen LogP contribution in [0.4, 0.5) is 15.6 Å². The topological polar surface area (TPSA) is 83.1 Å². The monoisotopic (exact) mass is 392 g/mol. The number of halogens is 1. The fraction of sp³-hybridized carbons (Fsp3) is 0.389. The van der Waals surface area contributed by atoms with Crippen LogP contribution in [0.2, 0.25) is 5.02 Å². The van der Waals surface area contributed by atoms with E-state index in [2.05, 4.69) is 20.9 Å². The van der Waals surface area contributed by atoms with Gasteiger partial charge in [-0.15, -0.1) is 11.3 Å². The van der Waals surface area contributed by atoms with Crippen LogP contribution in [0, 0.1) is 6.92 Å². The second kappa shape index (κ2) is 8.51. The standard InChI is InChI=1S/C18H21ClN4O2S/c1-11-6-7-12(19)8-15(11)22-16(24)9-14-10-26-18(21-14)23-17(25)20-13-4-2-3-5-13/h6-8,10,13H,2-5,9H2,1H3,(H,22,24)(H2,20,21,23,25). The predicted octanol–water partition coefficient (Wildman–Crippen LogP) is 4.35. The fourth-order valence-corrected chi connectivity index (χ4v) is 3.80. The maximum absolute atomic E-state index is 12.2. The van der Waals surface area contributed by atoms with Gasteiger partial charge in [0, 0.05) is 22.1 Å². The van der Waals surface area contributed by atoms with Crippen molar-refractivity contribution in [3.05, 3.63) is 39.9 Å². The smallest absolute Gasteiger partial charge is 0.321 e. The van der Waals surface area contributed by atoms with Gasteiger partial charge in [-0.1, -0.05) is 30.5 Å². The summed E-state index contributed by atoms with van der Waals surface area (Å²) in [5.41, 5.74) is 2.24. The van der Waals surface area contributed by atoms with E-state index in [1.54, 1.807) is 17.5 Å². The molecule has 1 aromatic heterocycles. The zero-order valence-electron chi connectivity index (χ0n) is 14.5. The normalized spacial score (nSPS) is 14.2. The Labute approximate surface area is 161 Å². The molecule has 26 heavy (non-hydrogen) atoms. The second-order valence-electron chi connectivity index (χ2n) is 6.41. The summed E-state index contributed by atoms with van der Waals surface area (Å²) in [5, 5.41) is 11.4. The van der Waals surface area contributed by atoms with E-state index < -0.39 is 0 Å². The predicted molar refractivity (Wildman–Crippen MR) is 105 cm³/mol. The number of aryl methyl sites for hydroxylation is 1. The SMILES string of the molecule is Cc1ccc(Cl)cc1NC(=O)Cc1csc(NC(=O)NC2CCCC2)n1. The quantitative estimate of drug-likeness (QED) is 0.707. The molecular weight excluding hydrogens is 372 g/mol. The van der Waals surface area contributed by atoms with Crippen LogP contribution >= 0.6 is 22.9 Å². The first kappa shape index (κ1) is 18.7. The Balaban J connectivity index is 1.51. The van der Waals surface area contributed by atoms with Crippen molar-refractivity contribution in [2.24, 2.45) is 0 Å². The minimum atomic E-state index is -0.239. The molecule has 1 heterocycles. The molecule has 8 heteroatoms. The lowest BCUT2D eigenvalue weighted by Crippen LogP contribution is -2.36. The first-order chi connectivity index (χ1) is 12.5. The van der Waals surface area contributed by atoms with Crippen molar-refractivity contribution in [1.29, 1.82) is 0 Å². The first-order valence-corrected chi connectivity index (χ1v) is 9.83. The van der Waals surface area contributed by atoms with E-state index in [-0.39, 0.29) is 24.4 Å². The van der Waals surface area contributed by atoms with E-state index in [1.807, 2.05) is 13.0 Å². The molecule has 1 aliphatic rings. The molecule has 0 bridgehead atoms. The van der Waals surface area contributed by atoms with E-state index in [9.17, 15) is 9.59 Å². The number of anilines is 2. The molecule has 1 aromatic carbocycles. The molecule has 2 aromatic rings. The van der Waals surface area contributed by atoms with Gasteiger partial charge in [0.2, 0.25) is 5.91 Å². The molecule has 1 saturated carbocycles. The molecule has 3 rings (SSSR count). The van der Waals surface area contributed by atoms with E-state index >= 15 is 0 Å². The lowest BCUT2D eigenvalue weighted by Gasteiger charge is -2.11. The molecule has 0 unspecified atom stereocenters. The number of aromatic nitrogens is 1. The third kappa shape index (κ3) is 5.19. The number of benzene rings is 1. The molecular formula is C18H21ClN4O2S. The van der Waals surface area contributed by atoms with Crippen molar-refractivity contribution in [1.82, 2.24) is 10.3 Å². The van der Waals surface area contributed by atoms with Crippen LogP contribution in [0.1, 0.15) is 36.9 Å². The largest absolute Gasteiger partial charge is 0.335 e. The molecule has 3 N–H and O–H groups in total. The number of hydrogen-bond donors (Lipinski definition) is 3. The third-order valence-electron chi connectivity index (χ3n) is 4.28. The van der Waals surface area contributed by atoms with Crippen LogP contribution in [0.5, 0.6) is 0 Å². The van der Waals surface area contributed by atoms with Crippen molar-refractivity contribution in [2.75, 3.05) is 10.6 Å². The van der Waals surface area contributed by atoms with Gasteiger partial charge in [-0.05, 0) is 37.5 Å². The van der Waals surface area contributed by atoms with Crippen LogP contribution in [-0.2, 0) is 11.2 Å². The van der Waals surface area contributed by atoms with Gasteiger partial charge in [-0.2, -0.15) is 0 Å². The van der Waals surface area contributed by atoms with Gasteiger partial charge < -0.3 is 10.6 Å². The van der Waals surface area contributed by atoms with Crippen LogP contribution < -0.4 is 16.0 Å². The summed E-state index contributed by atoms with van der Waals surface area (Å²) in [6.45, 7) is 1.90. The number of amides is 3. The molecule has 138 valence electrons. The van der Waals surface area contributed by atoms with Crippen LogP contribution in [-0.4, -0.2) is 23.0 Å². The van der Waals surface area contributed by atoms with Crippen molar-refractivity contribution >= 4 is 45.7 Å². The lowest BCUT2D eigenvalue weighted by atomic mass is 10.2. The summed E-state index contributed by atoms with van der Waals surface area (Å²) in [7, 11) is 0. The number of urea groups is 1. The van der Waals surface area contributed by atoms with Crippen LogP contribution in [0.3, 0.4) is 0 Å². The third-order valence-corrected chi connectivity index (χ3v) is 5.32. The molecule has 0 atom stereocenters.